The zero-order valence-electron chi connectivity index (χ0n) is 61.2. The van der Waals surface area contributed by atoms with Crippen LogP contribution in [0.3, 0.4) is 0 Å². The van der Waals surface area contributed by atoms with Gasteiger partial charge >= 0.3 is 35.8 Å². The van der Waals surface area contributed by atoms with Crippen LogP contribution in [0.5, 0.6) is 0 Å². The SMILES string of the molecule is CCCCCCCC[N+](C)(CCOC(C)=O)CC(=O)OC(CCCCC)C(O)C/C=C\CCCCCCCC(=O)OCCCCCCCCCCOC(=O)CCCCCCC/C=C\CC(O)C(CCCCC)OC(=O)C[N+](C)(CCCCCCCC)CCOC(C)=O.[Cl-].[Cl-]. The molecule has 18 heteroatoms. The Labute approximate surface area is 586 Å². The van der Waals surface area contributed by atoms with Crippen LogP contribution in [-0.4, -0.2) is 159 Å². The molecule has 0 spiro atoms. The van der Waals surface area contributed by atoms with Gasteiger partial charge in [-0.25, -0.2) is 9.59 Å². The Bertz CT molecular complexity index is 1750. The minimum atomic E-state index is -0.770. The van der Waals surface area contributed by atoms with Crippen LogP contribution in [0.2, 0.25) is 0 Å². The lowest BCUT2D eigenvalue weighted by atomic mass is 10.0. The minimum absolute atomic E-state index is 0. The Hall–Kier alpha value is -3.28. The van der Waals surface area contributed by atoms with E-state index in [0.717, 1.165) is 206 Å². The van der Waals surface area contributed by atoms with E-state index in [-0.39, 0.29) is 86.9 Å². The summed E-state index contributed by atoms with van der Waals surface area (Å²) in [6, 6.07) is 0. The number of rotatable bonds is 67. The number of carbonyl (C=O) groups is 6. The fourth-order valence-electron chi connectivity index (χ4n) is 11.7. The van der Waals surface area contributed by atoms with Crippen molar-refractivity contribution in [1.82, 2.24) is 0 Å². The van der Waals surface area contributed by atoms with Gasteiger partial charge in [-0.05, 0) is 116 Å². The van der Waals surface area contributed by atoms with E-state index in [1.54, 1.807) is 0 Å². The van der Waals surface area contributed by atoms with Gasteiger partial charge in [-0.2, -0.15) is 0 Å². The smallest absolute Gasteiger partial charge is 0.362 e. The number of unbranched alkanes of at least 4 members (excludes halogenated alkanes) is 31. The molecule has 0 saturated heterocycles. The molecule has 0 saturated carbocycles. The molecule has 0 aliphatic rings. The zero-order valence-corrected chi connectivity index (χ0v) is 62.8. The molecular formula is C76H142Cl2N2O14. The Balaban J connectivity index is -0.0000414. The lowest BCUT2D eigenvalue weighted by Gasteiger charge is -2.34. The van der Waals surface area contributed by atoms with Gasteiger partial charge in [-0.15, -0.1) is 0 Å². The van der Waals surface area contributed by atoms with Gasteiger partial charge in [0.25, 0.3) is 0 Å². The molecule has 0 bridgehead atoms. The van der Waals surface area contributed by atoms with Crippen LogP contribution in [0.15, 0.2) is 24.3 Å². The van der Waals surface area contributed by atoms with E-state index in [9.17, 15) is 39.0 Å². The second kappa shape index (κ2) is 66.9. The molecule has 554 valence electrons. The van der Waals surface area contributed by atoms with Crippen molar-refractivity contribution >= 4 is 35.8 Å². The fraction of sp³-hybridized carbons (Fsp3) is 0.868. The largest absolute Gasteiger partial charge is 1.00 e. The van der Waals surface area contributed by atoms with Crippen LogP contribution in [0, 0.1) is 0 Å². The summed E-state index contributed by atoms with van der Waals surface area (Å²) in [5.41, 5.74) is 0. The predicted molar refractivity (Wildman–Crippen MR) is 373 cm³/mol. The molecule has 0 aliphatic heterocycles. The molecule has 0 amide bonds. The first-order valence-corrected chi connectivity index (χ1v) is 37.7. The van der Waals surface area contributed by atoms with Gasteiger partial charge in [-0.1, -0.05) is 206 Å². The van der Waals surface area contributed by atoms with Gasteiger partial charge in [0.1, 0.15) is 38.5 Å². The molecule has 16 nitrogen and oxygen atoms in total. The summed E-state index contributed by atoms with van der Waals surface area (Å²) in [7, 11) is 4.06. The standard InChI is InChI=1S/C76H142N2O14.2ClH/c1-9-13-17-19-37-47-57-77(7,59-63-87-67(5)79)65-75(85)91-71(53-41-15-11-3)69(81)51-43-33-27-21-23-29-35-45-55-73(83)89-61-49-39-31-25-26-32-40-50-62-90-74(84)56-46-36-30-24-22-28-34-44-52-70(82)72(54-42-16-12-4)92-76(86)66-78(8,60-64-88-68(6)80)58-48-38-20-18-14-10-2;;/h33-34,43-44,69-72,81-82H,9-32,35-42,45-66H2,1-8H3;2*1H/q+2;;/p-2/b43-33-,44-34-;;. The van der Waals surface area contributed by atoms with Crippen LogP contribution in [-0.2, 0) is 57.2 Å². The number of nitrogens with zero attached hydrogens (tertiary/aromatic N) is 2. The van der Waals surface area contributed by atoms with Crippen LogP contribution >= 0.6 is 0 Å². The van der Waals surface area contributed by atoms with Crippen molar-refractivity contribution in [2.45, 2.75) is 348 Å². The molecule has 0 aliphatic carbocycles. The minimum Gasteiger partial charge on any atom is -1.00 e. The zero-order chi connectivity index (χ0) is 68.0. The van der Waals surface area contributed by atoms with E-state index < -0.39 is 24.4 Å². The summed E-state index contributed by atoms with van der Waals surface area (Å²) in [6.07, 6.45) is 48.7. The number of esters is 6. The normalized spacial score (nSPS) is 14.0. The highest BCUT2D eigenvalue weighted by Crippen LogP contribution is 2.21. The van der Waals surface area contributed by atoms with Crippen molar-refractivity contribution < 1.29 is 101 Å². The van der Waals surface area contributed by atoms with E-state index in [1.165, 1.54) is 65.2 Å². The third-order valence-electron chi connectivity index (χ3n) is 17.8. The first kappa shape index (κ1) is 94.9. The third-order valence-corrected chi connectivity index (χ3v) is 17.8. The van der Waals surface area contributed by atoms with Crippen molar-refractivity contribution in [1.29, 1.82) is 0 Å². The van der Waals surface area contributed by atoms with Crippen molar-refractivity contribution in [2.24, 2.45) is 0 Å². The molecule has 2 N–H and O–H groups in total. The number of likely N-dealkylation sites (N-methyl/N-ethyl adjacent to an activating group) is 2. The highest BCUT2D eigenvalue weighted by Gasteiger charge is 2.32. The number of carbonyl (C=O) groups excluding carboxylic acids is 6. The number of ether oxygens (including phenoxy) is 6. The maximum absolute atomic E-state index is 13.4. The summed E-state index contributed by atoms with van der Waals surface area (Å²) in [5, 5.41) is 22.3. The molecule has 0 aromatic rings. The van der Waals surface area contributed by atoms with E-state index >= 15 is 0 Å². The van der Waals surface area contributed by atoms with Crippen LogP contribution in [0.25, 0.3) is 0 Å². The van der Waals surface area contributed by atoms with E-state index in [1.807, 2.05) is 26.2 Å². The number of halogens is 2. The average Bonchev–Trinajstić information content (AvgIpc) is 0.922. The summed E-state index contributed by atoms with van der Waals surface area (Å²) in [4.78, 5) is 74.3. The average molecular weight is 1380 g/mol. The van der Waals surface area contributed by atoms with Crippen molar-refractivity contribution in [3.8, 4) is 0 Å². The summed E-state index contributed by atoms with van der Waals surface area (Å²) in [6.45, 7) is 16.0. The molecule has 6 unspecified atom stereocenters. The first-order valence-electron chi connectivity index (χ1n) is 37.7. The van der Waals surface area contributed by atoms with Crippen LogP contribution in [0.4, 0.5) is 0 Å². The van der Waals surface area contributed by atoms with E-state index in [2.05, 4.69) is 39.8 Å². The lowest BCUT2D eigenvalue weighted by Crippen LogP contribution is -3.00. The molecule has 0 aromatic carbocycles. The molecule has 0 heterocycles. The Morgan fingerprint density at radius 2 is 0.638 bits per heavy atom. The van der Waals surface area contributed by atoms with E-state index in [0.29, 0.717) is 73.8 Å². The summed E-state index contributed by atoms with van der Waals surface area (Å²) < 4.78 is 34.4. The van der Waals surface area contributed by atoms with Crippen molar-refractivity contribution in [3.05, 3.63) is 24.3 Å². The maximum atomic E-state index is 13.4. The molecule has 0 fully saturated rings. The Morgan fingerprint density at radius 1 is 0.340 bits per heavy atom. The Morgan fingerprint density at radius 3 is 0.979 bits per heavy atom. The quantitative estimate of drug-likeness (QED) is 0.0192. The number of aliphatic hydroxyl groups excluding tert-OH is 2. The number of hydrogen-bond donors (Lipinski definition) is 2. The topological polar surface area (TPSA) is 198 Å². The summed E-state index contributed by atoms with van der Waals surface area (Å²) in [5.74, 6) is -1.48. The van der Waals surface area contributed by atoms with Gasteiger partial charge in [-0.3, -0.25) is 19.2 Å². The maximum Gasteiger partial charge on any atom is 0.362 e. The molecular weight excluding hydrogens is 1240 g/mol. The van der Waals surface area contributed by atoms with Crippen molar-refractivity contribution in [3.63, 3.8) is 0 Å². The van der Waals surface area contributed by atoms with E-state index in [4.69, 9.17) is 28.4 Å². The van der Waals surface area contributed by atoms with Gasteiger partial charge < -0.3 is 72.4 Å². The monoisotopic (exact) mass is 1380 g/mol. The van der Waals surface area contributed by atoms with Gasteiger partial charge in [0.15, 0.2) is 13.1 Å². The number of quaternary nitrogens is 2. The lowest BCUT2D eigenvalue weighted by molar-refractivity contribution is -0.903. The second-order valence-electron chi connectivity index (χ2n) is 27.1. The molecule has 0 radical (unpaired) electrons. The van der Waals surface area contributed by atoms with Crippen molar-refractivity contribution in [2.75, 3.05) is 79.8 Å². The Kier molecular flexibility index (Phi) is 67.6. The highest BCUT2D eigenvalue weighted by atomic mass is 35.5. The molecule has 94 heavy (non-hydrogen) atoms. The van der Waals surface area contributed by atoms with Gasteiger partial charge in [0.2, 0.25) is 0 Å². The molecule has 6 atom stereocenters. The van der Waals surface area contributed by atoms with Gasteiger partial charge in [0.05, 0.1) is 52.6 Å². The van der Waals surface area contributed by atoms with Crippen LogP contribution in [0.1, 0.15) is 324 Å². The van der Waals surface area contributed by atoms with Crippen LogP contribution < -0.4 is 24.8 Å². The first-order chi connectivity index (χ1) is 44.4. The molecule has 0 rings (SSSR count). The number of allylic oxidation sites excluding steroid dienone is 2. The van der Waals surface area contributed by atoms with Gasteiger partial charge in [0, 0.05) is 26.7 Å². The third kappa shape index (κ3) is 61.1. The predicted octanol–water partition coefficient (Wildman–Crippen LogP) is 11.0. The summed E-state index contributed by atoms with van der Waals surface area (Å²) >= 11 is 0. The number of hydrogen-bond acceptors (Lipinski definition) is 14. The highest BCUT2D eigenvalue weighted by molar-refractivity contribution is 5.71. The second-order valence-corrected chi connectivity index (χ2v) is 27.1. The number of aliphatic hydroxyl groups is 2. The fourth-order valence-corrected chi connectivity index (χ4v) is 11.7. The molecule has 0 aromatic heterocycles.